The van der Waals surface area contributed by atoms with Crippen molar-refractivity contribution in [2.45, 2.75) is 52.1 Å². The molecule has 96 valence electrons. The van der Waals surface area contributed by atoms with Crippen LogP contribution in [0.15, 0.2) is 0 Å². The summed E-state index contributed by atoms with van der Waals surface area (Å²) in [5, 5.41) is 9.55. The first-order valence-corrected chi connectivity index (χ1v) is 6.07. The summed E-state index contributed by atoms with van der Waals surface area (Å²) >= 11 is 0. The molecule has 0 rings (SSSR count). The summed E-state index contributed by atoms with van der Waals surface area (Å²) in [6.45, 7) is 5.86. The van der Waals surface area contributed by atoms with E-state index in [9.17, 15) is 9.90 Å². The van der Waals surface area contributed by atoms with Crippen LogP contribution in [0.1, 0.15) is 46.5 Å². The van der Waals surface area contributed by atoms with E-state index in [-0.39, 0.29) is 6.54 Å². The van der Waals surface area contributed by atoms with Crippen LogP contribution in [0.2, 0.25) is 0 Å². The summed E-state index contributed by atoms with van der Waals surface area (Å²) in [6.07, 6.45) is 4.33. The van der Waals surface area contributed by atoms with Gasteiger partial charge in [-0.05, 0) is 19.3 Å². The number of rotatable bonds is 8. The van der Waals surface area contributed by atoms with Gasteiger partial charge in [0.1, 0.15) is 0 Å². The molecule has 0 aliphatic heterocycles. The predicted molar refractivity (Wildman–Crippen MR) is 63.9 cm³/mol. The molecule has 0 aliphatic rings. The number of hydrogen-bond donors (Lipinski definition) is 2. The van der Waals surface area contributed by atoms with Crippen LogP contribution in [0.5, 0.6) is 0 Å². The summed E-state index contributed by atoms with van der Waals surface area (Å²) in [4.78, 5) is 11.4. The van der Waals surface area contributed by atoms with Gasteiger partial charge in [0, 0.05) is 6.54 Å². The lowest BCUT2D eigenvalue weighted by molar-refractivity contribution is -0.164. The molecule has 0 radical (unpaired) electrons. The summed E-state index contributed by atoms with van der Waals surface area (Å²) < 4.78 is 5.08. The van der Waals surface area contributed by atoms with Crippen molar-refractivity contribution < 1.29 is 14.6 Å². The van der Waals surface area contributed by atoms with Gasteiger partial charge in [0.05, 0.1) is 6.61 Å². The third kappa shape index (κ3) is 5.47. The Hall–Kier alpha value is -0.610. The van der Waals surface area contributed by atoms with Gasteiger partial charge < -0.3 is 15.6 Å². The van der Waals surface area contributed by atoms with Crippen molar-refractivity contribution in [1.82, 2.24) is 0 Å². The standard InChI is InChI=1S/C12H25NO3/c1-4-6-7-10(5-2)8-16-11(14)12(3,15)9-13/h10,15H,4-9,13H2,1-3H3. The highest BCUT2D eigenvalue weighted by molar-refractivity contribution is 5.79. The zero-order chi connectivity index (χ0) is 12.6. The predicted octanol–water partition coefficient (Wildman–Crippen LogP) is 1.46. The molecule has 0 saturated carbocycles. The Balaban J connectivity index is 3.97. The summed E-state index contributed by atoms with van der Waals surface area (Å²) in [7, 11) is 0. The van der Waals surface area contributed by atoms with Gasteiger partial charge in [-0.3, -0.25) is 0 Å². The van der Waals surface area contributed by atoms with Gasteiger partial charge in [-0.25, -0.2) is 4.79 Å². The highest BCUT2D eigenvalue weighted by atomic mass is 16.5. The lowest BCUT2D eigenvalue weighted by atomic mass is 10.0. The van der Waals surface area contributed by atoms with Crippen molar-refractivity contribution in [3.63, 3.8) is 0 Å². The highest BCUT2D eigenvalue weighted by Gasteiger charge is 2.30. The first-order chi connectivity index (χ1) is 7.47. The summed E-state index contributed by atoms with van der Waals surface area (Å²) in [5.41, 5.74) is 3.72. The third-order valence-electron chi connectivity index (χ3n) is 2.83. The second-order valence-electron chi connectivity index (χ2n) is 4.49. The maximum Gasteiger partial charge on any atom is 0.339 e. The van der Waals surface area contributed by atoms with E-state index in [1.165, 1.54) is 6.92 Å². The van der Waals surface area contributed by atoms with E-state index in [4.69, 9.17) is 10.5 Å². The van der Waals surface area contributed by atoms with E-state index in [1.54, 1.807) is 0 Å². The van der Waals surface area contributed by atoms with Crippen LogP contribution in [0.3, 0.4) is 0 Å². The quantitative estimate of drug-likeness (QED) is 0.620. The van der Waals surface area contributed by atoms with Crippen LogP contribution >= 0.6 is 0 Å². The minimum Gasteiger partial charge on any atom is -0.463 e. The first kappa shape index (κ1) is 15.4. The van der Waals surface area contributed by atoms with Crippen LogP contribution in [0.4, 0.5) is 0 Å². The summed E-state index contributed by atoms with van der Waals surface area (Å²) in [6, 6.07) is 0. The Morgan fingerprint density at radius 2 is 2.12 bits per heavy atom. The van der Waals surface area contributed by atoms with Crippen molar-refractivity contribution >= 4 is 5.97 Å². The molecule has 3 N–H and O–H groups in total. The van der Waals surface area contributed by atoms with Gasteiger partial charge in [-0.1, -0.05) is 33.1 Å². The normalized spacial score (nSPS) is 16.6. The number of unbranched alkanes of at least 4 members (excludes halogenated alkanes) is 1. The molecule has 0 saturated heterocycles. The number of hydrogen-bond acceptors (Lipinski definition) is 4. The van der Waals surface area contributed by atoms with Crippen molar-refractivity contribution in [2.24, 2.45) is 11.7 Å². The van der Waals surface area contributed by atoms with Gasteiger partial charge in [0.25, 0.3) is 0 Å². The Morgan fingerprint density at radius 3 is 2.56 bits per heavy atom. The molecule has 0 spiro atoms. The van der Waals surface area contributed by atoms with Gasteiger partial charge in [-0.2, -0.15) is 0 Å². The fraction of sp³-hybridized carbons (Fsp3) is 0.917. The molecule has 0 heterocycles. The molecule has 0 aromatic heterocycles. The molecule has 4 nitrogen and oxygen atoms in total. The van der Waals surface area contributed by atoms with Crippen molar-refractivity contribution in [3.05, 3.63) is 0 Å². The topological polar surface area (TPSA) is 72.5 Å². The van der Waals surface area contributed by atoms with Gasteiger partial charge in [-0.15, -0.1) is 0 Å². The number of esters is 1. The second kappa shape index (κ2) is 7.63. The van der Waals surface area contributed by atoms with Crippen molar-refractivity contribution in [1.29, 1.82) is 0 Å². The molecule has 0 fully saturated rings. The Labute approximate surface area is 98.2 Å². The van der Waals surface area contributed by atoms with Crippen LogP contribution < -0.4 is 5.73 Å². The lowest BCUT2D eigenvalue weighted by Crippen LogP contribution is -2.44. The minimum atomic E-state index is -1.55. The van der Waals surface area contributed by atoms with Gasteiger partial charge >= 0.3 is 5.97 Å². The molecule has 0 amide bonds. The number of carbonyl (C=O) groups is 1. The molecule has 2 unspecified atom stereocenters. The minimum absolute atomic E-state index is 0.114. The lowest BCUT2D eigenvalue weighted by Gasteiger charge is -2.21. The van der Waals surface area contributed by atoms with E-state index in [1.807, 2.05) is 0 Å². The molecule has 0 aromatic carbocycles. The third-order valence-corrected chi connectivity index (χ3v) is 2.83. The monoisotopic (exact) mass is 231 g/mol. The molecule has 0 aromatic rings. The van der Waals surface area contributed by atoms with E-state index in [2.05, 4.69) is 13.8 Å². The van der Waals surface area contributed by atoms with Gasteiger partial charge in [0.2, 0.25) is 0 Å². The van der Waals surface area contributed by atoms with Crippen LogP contribution in [0, 0.1) is 5.92 Å². The number of carbonyl (C=O) groups excluding carboxylic acids is 1. The fourth-order valence-electron chi connectivity index (χ4n) is 1.33. The number of nitrogens with two attached hydrogens (primary N) is 1. The second-order valence-corrected chi connectivity index (χ2v) is 4.49. The molecular weight excluding hydrogens is 206 g/mol. The van der Waals surface area contributed by atoms with Crippen LogP contribution in [-0.2, 0) is 9.53 Å². The Kier molecular flexibility index (Phi) is 7.34. The zero-order valence-corrected chi connectivity index (χ0v) is 10.7. The molecular formula is C12H25NO3. The molecule has 2 atom stereocenters. The van der Waals surface area contributed by atoms with Crippen molar-refractivity contribution in [3.8, 4) is 0 Å². The highest BCUT2D eigenvalue weighted by Crippen LogP contribution is 2.14. The smallest absolute Gasteiger partial charge is 0.339 e. The van der Waals surface area contributed by atoms with Crippen LogP contribution in [-0.4, -0.2) is 29.8 Å². The molecule has 0 aliphatic carbocycles. The summed E-state index contributed by atoms with van der Waals surface area (Å²) in [5.74, 6) is -0.234. The fourth-order valence-corrected chi connectivity index (χ4v) is 1.33. The maximum absolute atomic E-state index is 11.4. The van der Waals surface area contributed by atoms with E-state index >= 15 is 0 Å². The van der Waals surface area contributed by atoms with E-state index in [0.29, 0.717) is 12.5 Å². The first-order valence-electron chi connectivity index (χ1n) is 6.07. The SMILES string of the molecule is CCCCC(CC)COC(=O)C(C)(O)CN. The number of ether oxygens (including phenoxy) is 1. The van der Waals surface area contributed by atoms with Crippen molar-refractivity contribution in [2.75, 3.05) is 13.2 Å². The molecule has 0 bridgehead atoms. The number of aliphatic hydroxyl groups is 1. The van der Waals surface area contributed by atoms with Gasteiger partial charge in [0.15, 0.2) is 5.60 Å². The zero-order valence-electron chi connectivity index (χ0n) is 10.7. The molecule has 16 heavy (non-hydrogen) atoms. The average Bonchev–Trinajstić information content (AvgIpc) is 2.28. The Morgan fingerprint density at radius 1 is 1.50 bits per heavy atom. The van der Waals surface area contributed by atoms with E-state index in [0.717, 1.165) is 25.7 Å². The van der Waals surface area contributed by atoms with E-state index < -0.39 is 11.6 Å². The van der Waals surface area contributed by atoms with Crippen LogP contribution in [0.25, 0.3) is 0 Å². The largest absolute Gasteiger partial charge is 0.463 e. The molecule has 4 heteroatoms. The Bertz CT molecular complexity index is 204. The maximum atomic E-state index is 11.4. The average molecular weight is 231 g/mol.